The average Bonchev–Trinajstić information content (AvgIpc) is 2.56. The maximum atomic E-state index is 13.9. The minimum absolute atomic E-state index is 0.0116. The Morgan fingerprint density at radius 1 is 1.58 bits per heavy atom. The van der Waals surface area contributed by atoms with Crippen LogP contribution < -0.4 is 0 Å². The Morgan fingerprint density at radius 3 is 2.74 bits per heavy atom. The Balaban J connectivity index is 2.51. The lowest BCUT2D eigenvalue weighted by atomic mass is 9.98. The Bertz CT molecular complexity index is 601. The molecule has 1 aliphatic rings. The molecule has 19 heavy (non-hydrogen) atoms. The third kappa shape index (κ3) is 2.36. The van der Waals surface area contributed by atoms with Gasteiger partial charge in [0.05, 0.1) is 6.61 Å². The SMILES string of the molecule is CC1(O)[C@@H](F)[C@@H](CO)O[C@H]1n1cc(F)c(=S)[nH]c1=S. The highest BCUT2D eigenvalue weighted by atomic mass is 32.1. The zero-order valence-electron chi connectivity index (χ0n) is 9.84. The van der Waals surface area contributed by atoms with Crippen LogP contribution in [0.25, 0.3) is 0 Å². The van der Waals surface area contributed by atoms with Gasteiger partial charge in [-0.3, -0.25) is 4.57 Å². The first-order valence-corrected chi connectivity index (χ1v) is 6.24. The molecule has 4 atom stereocenters. The summed E-state index contributed by atoms with van der Waals surface area (Å²) in [7, 11) is 0. The molecule has 0 spiro atoms. The van der Waals surface area contributed by atoms with Crippen LogP contribution in [0, 0.1) is 15.2 Å². The molecule has 1 saturated heterocycles. The number of nitrogens with one attached hydrogen (secondary N) is 1. The van der Waals surface area contributed by atoms with Crippen molar-refractivity contribution in [2.45, 2.75) is 31.0 Å². The number of aliphatic hydroxyl groups is 2. The summed E-state index contributed by atoms with van der Waals surface area (Å²) in [6.45, 7) is 0.589. The number of rotatable bonds is 2. The van der Waals surface area contributed by atoms with Crippen molar-refractivity contribution >= 4 is 24.4 Å². The fourth-order valence-corrected chi connectivity index (χ4v) is 2.47. The van der Waals surface area contributed by atoms with Gasteiger partial charge < -0.3 is 19.9 Å². The number of ether oxygens (including phenoxy) is 1. The van der Waals surface area contributed by atoms with E-state index in [0.29, 0.717) is 0 Å². The highest BCUT2D eigenvalue weighted by molar-refractivity contribution is 7.72. The monoisotopic (exact) mass is 310 g/mol. The number of H-pyrrole nitrogens is 1. The van der Waals surface area contributed by atoms with Crippen LogP contribution >= 0.6 is 24.4 Å². The predicted octanol–water partition coefficient (Wildman–Crippen LogP) is 1.39. The molecule has 0 radical (unpaired) electrons. The molecule has 2 heterocycles. The van der Waals surface area contributed by atoms with E-state index in [4.69, 9.17) is 22.1 Å². The van der Waals surface area contributed by atoms with Gasteiger partial charge in [-0.2, -0.15) is 0 Å². The van der Waals surface area contributed by atoms with Crippen LogP contribution in [0.5, 0.6) is 0 Å². The molecule has 0 amide bonds. The van der Waals surface area contributed by atoms with Gasteiger partial charge in [0.15, 0.2) is 23.0 Å². The summed E-state index contributed by atoms with van der Waals surface area (Å²) in [6.07, 6.45) is -3.34. The minimum atomic E-state index is -1.95. The Hall–Kier alpha value is -0.740. The number of aromatic nitrogens is 2. The number of aliphatic hydroxyl groups excluding tert-OH is 1. The topological polar surface area (TPSA) is 70.4 Å². The highest BCUT2D eigenvalue weighted by Gasteiger charge is 2.54. The molecule has 1 aromatic rings. The summed E-state index contributed by atoms with van der Waals surface area (Å²) in [6, 6.07) is 0. The van der Waals surface area contributed by atoms with E-state index in [-0.39, 0.29) is 9.41 Å². The molecule has 1 aromatic heterocycles. The van der Waals surface area contributed by atoms with E-state index in [9.17, 15) is 13.9 Å². The van der Waals surface area contributed by atoms with Crippen LogP contribution in [0.4, 0.5) is 8.78 Å². The summed E-state index contributed by atoms with van der Waals surface area (Å²) in [5, 5.41) is 19.1. The largest absolute Gasteiger partial charge is 0.394 e. The summed E-state index contributed by atoms with van der Waals surface area (Å²) in [5.74, 6) is -0.772. The highest BCUT2D eigenvalue weighted by Crippen LogP contribution is 2.39. The van der Waals surface area contributed by atoms with Crippen LogP contribution in [0.2, 0.25) is 0 Å². The first-order valence-electron chi connectivity index (χ1n) is 5.42. The molecule has 0 aromatic carbocycles. The average molecular weight is 310 g/mol. The van der Waals surface area contributed by atoms with Crippen LogP contribution in [0.15, 0.2) is 6.20 Å². The smallest absolute Gasteiger partial charge is 0.180 e. The van der Waals surface area contributed by atoms with Crippen LogP contribution in [0.3, 0.4) is 0 Å². The van der Waals surface area contributed by atoms with Gasteiger partial charge in [-0.05, 0) is 19.1 Å². The van der Waals surface area contributed by atoms with E-state index < -0.39 is 36.5 Å². The van der Waals surface area contributed by atoms with Gasteiger partial charge in [0.1, 0.15) is 16.3 Å². The van der Waals surface area contributed by atoms with Crippen LogP contribution in [0.1, 0.15) is 13.2 Å². The van der Waals surface area contributed by atoms with Gasteiger partial charge in [-0.1, -0.05) is 12.2 Å². The molecule has 0 saturated carbocycles. The molecule has 1 aliphatic heterocycles. The van der Waals surface area contributed by atoms with E-state index >= 15 is 0 Å². The van der Waals surface area contributed by atoms with Crippen molar-refractivity contribution in [3.63, 3.8) is 0 Å². The number of hydrogen-bond donors (Lipinski definition) is 3. The summed E-state index contributed by atoms with van der Waals surface area (Å²) in [4.78, 5) is 2.41. The number of alkyl halides is 1. The van der Waals surface area contributed by atoms with E-state index in [1.807, 2.05) is 0 Å². The van der Waals surface area contributed by atoms with Gasteiger partial charge in [0.25, 0.3) is 0 Å². The maximum Gasteiger partial charge on any atom is 0.180 e. The van der Waals surface area contributed by atoms with E-state index in [2.05, 4.69) is 17.2 Å². The molecular formula is C10H12F2N2O3S2. The molecule has 1 fully saturated rings. The predicted molar refractivity (Wildman–Crippen MR) is 66.9 cm³/mol. The van der Waals surface area contributed by atoms with Crippen LogP contribution in [-0.4, -0.2) is 44.2 Å². The number of aromatic amines is 1. The van der Waals surface area contributed by atoms with Gasteiger partial charge in [-0.15, -0.1) is 0 Å². The summed E-state index contributed by atoms with van der Waals surface area (Å²) < 4.78 is 33.4. The van der Waals surface area contributed by atoms with Crippen molar-refractivity contribution in [2.75, 3.05) is 6.61 Å². The van der Waals surface area contributed by atoms with E-state index in [1.165, 1.54) is 6.92 Å². The molecule has 0 bridgehead atoms. The lowest BCUT2D eigenvalue weighted by Crippen LogP contribution is -2.41. The zero-order chi connectivity index (χ0) is 14.4. The second-order valence-electron chi connectivity index (χ2n) is 4.48. The van der Waals surface area contributed by atoms with Gasteiger partial charge in [-0.25, -0.2) is 8.78 Å². The number of nitrogens with zero attached hydrogens (tertiary/aromatic N) is 1. The molecule has 0 aliphatic carbocycles. The summed E-state index contributed by atoms with van der Waals surface area (Å²) in [5.41, 5.74) is -1.95. The van der Waals surface area contributed by atoms with Crippen molar-refractivity contribution in [2.24, 2.45) is 0 Å². The quantitative estimate of drug-likeness (QED) is 0.720. The van der Waals surface area contributed by atoms with Gasteiger partial charge in [0, 0.05) is 6.20 Å². The second-order valence-corrected chi connectivity index (χ2v) is 5.28. The Kier molecular flexibility index (Phi) is 3.85. The van der Waals surface area contributed by atoms with Gasteiger partial charge in [0.2, 0.25) is 0 Å². The third-order valence-corrected chi connectivity index (χ3v) is 3.66. The van der Waals surface area contributed by atoms with Crippen molar-refractivity contribution in [1.82, 2.24) is 9.55 Å². The molecule has 9 heteroatoms. The van der Waals surface area contributed by atoms with Crippen molar-refractivity contribution in [3.8, 4) is 0 Å². The zero-order valence-corrected chi connectivity index (χ0v) is 11.5. The fourth-order valence-electron chi connectivity index (χ4n) is 2.00. The molecular weight excluding hydrogens is 298 g/mol. The van der Waals surface area contributed by atoms with Gasteiger partial charge >= 0.3 is 0 Å². The Morgan fingerprint density at radius 2 is 2.21 bits per heavy atom. The Labute approximate surface area is 117 Å². The molecule has 1 unspecified atom stereocenters. The molecule has 106 valence electrons. The van der Waals surface area contributed by atoms with Crippen LogP contribution in [-0.2, 0) is 4.74 Å². The standard InChI is InChI=1S/C10H12F2N2O3S2/c1-10(16)6(12)5(3-15)17-8(10)14-2-4(11)7(18)13-9(14)19/h2,5-6,8,15-16H,3H2,1H3,(H,13,18,19)/t5-,6+,8-,10?/m1/s1. The first kappa shape index (κ1) is 14.7. The number of hydrogen-bond acceptors (Lipinski definition) is 5. The first-order chi connectivity index (χ1) is 8.78. The molecule has 2 rings (SSSR count). The van der Waals surface area contributed by atoms with E-state index in [1.54, 1.807) is 0 Å². The van der Waals surface area contributed by atoms with Crippen molar-refractivity contribution < 1.29 is 23.7 Å². The fraction of sp³-hybridized carbons (Fsp3) is 0.600. The molecule has 5 nitrogen and oxygen atoms in total. The number of halogens is 2. The van der Waals surface area contributed by atoms with E-state index in [0.717, 1.165) is 10.8 Å². The van der Waals surface area contributed by atoms with Crippen molar-refractivity contribution in [1.29, 1.82) is 0 Å². The minimum Gasteiger partial charge on any atom is -0.394 e. The summed E-state index contributed by atoms with van der Waals surface area (Å²) >= 11 is 9.62. The lowest BCUT2D eigenvalue weighted by Gasteiger charge is -2.27. The van der Waals surface area contributed by atoms with Crippen molar-refractivity contribution in [3.05, 3.63) is 21.4 Å². The third-order valence-electron chi connectivity index (χ3n) is 3.05. The lowest BCUT2D eigenvalue weighted by molar-refractivity contribution is -0.0927. The second kappa shape index (κ2) is 4.98. The molecule has 3 N–H and O–H groups in total. The normalized spacial score (nSPS) is 34.7. The maximum absolute atomic E-state index is 13.9.